The zero-order valence-corrected chi connectivity index (χ0v) is 7.14. The summed E-state index contributed by atoms with van der Waals surface area (Å²) in [7, 11) is 1.83. The molecule has 0 saturated heterocycles. The highest BCUT2D eigenvalue weighted by atomic mass is 16.2. The molecule has 0 radical (unpaired) electrons. The molecule has 1 N–H and O–H groups in total. The van der Waals surface area contributed by atoms with Crippen LogP contribution >= 0.6 is 0 Å². The fourth-order valence-corrected chi connectivity index (χ4v) is 0.828. The van der Waals surface area contributed by atoms with Gasteiger partial charge in [-0.25, -0.2) is 0 Å². The van der Waals surface area contributed by atoms with Gasteiger partial charge in [0.25, 0.3) is 0 Å². The summed E-state index contributed by atoms with van der Waals surface area (Å²) >= 11 is 0. The smallest absolute Gasteiger partial charge is 0.220 e. The van der Waals surface area contributed by atoms with E-state index in [0.717, 1.165) is 0 Å². The molecule has 0 aliphatic rings. The molecular formula is C7H16N2O. The average Bonchev–Trinajstić information content (AvgIpc) is 1.81. The molecule has 0 aromatic rings. The maximum atomic E-state index is 10.9. The van der Waals surface area contributed by atoms with Crippen molar-refractivity contribution in [1.82, 2.24) is 10.2 Å². The lowest BCUT2D eigenvalue weighted by molar-refractivity contribution is -0.130. The molecule has 0 aromatic heterocycles. The first-order chi connectivity index (χ1) is 4.59. The van der Waals surface area contributed by atoms with Crippen LogP contribution in [0, 0.1) is 0 Å². The molecule has 3 heteroatoms. The number of hydrogen-bond acceptors (Lipinski definition) is 2. The first-order valence-electron chi connectivity index (χ1n) is 3.51. The highest BCUT2D eigenvalue weighted by molar-refractivity contribution is 5.73. The Morgan fingerprint density at radius 1 is 1.60 bits per heavy atom. The second-order valence-corrected chi connectivity index (χ2v) is 2.59. The molecule has 0 unspecified atom stereocenters. The molecule has 0 aliphatic heterocycles. The van der Waals surface area contributed by atoms with Crippen molar-refractivity contribution < 1.29 is 4.79 Å². The molecule has 0 aromatic carbocycles. The van der Waals surface area contributed by atoms with E-state index < -0.39 is 0 Å². The minimum atomic E-state index is 0.115. The summed E-state index contributed by atoms with van der Waals surface area (Å²) in [6.45, 7) is 6.21. The standard InChI is InChI=1S/C7H16N2O/c1-6(2)9(5-8-4)7(3)10/h6,8H,5H2,1-4H3. The fraction of sp³-hybridized carbons (Fsp3) is 0.857. The Labute approximate surface area is 62.4 Å². The number of hydrogen-bond donors (Lipinski definition) is 1. The second-order valence-electron chi connectivity index (χ2n) is 2.59. The first-order valence-corrected chi connectivity index (χ1v) is 3.51. The van der Waals surface area contributed by atoms with Crippen LogP contribution < -0.4 is 5.32 Å². The van der Waals surface area contributed by atoms with E-state index in [9.17, 15) is 4.79 Å². The number of carbonyl (C=O) groups excluding carboxylic acids is 1. The summed E-state index contributed by atoms with van der Waals surface area (Å²) in [6, 6.07) is 0.282. The molecule has 1 amide bonds. The molecule has 3 nitrogen and oxygen atoms in total. The van der Waals surface area contributed by atoms with Crippen LogP contribution in [-0.2, 0) is 4.79 Å². The zero-order chi connectivity index (χ0) is 8.15. The summed E-state index contributed by atoms with van der Waals surface area (Å²) in [6.07, 6.45) is 0. The van der Waals surface area contributed by atoms with Gasteiger partial charge in [0, 0.05) is 13.0 Å². The zero-order valence-electron chi connectivity index (χ0n) is 7.14. The van der Waals surface area contributed by atoms with Crippen LogP contribution in [0.4, 0.5) is 0 Å². The van der Waals surface area contributed by atoms with Gasteiger partial charge in [0.05, 0.1) is 6.67 Å². The number of rotatable bonds is 3. The summed E-state index contributed by atoms with van der Waals surface area (Å²) in [5.74, 6) is 0.115. The molecule has 0 spiro atoms. The van der Waals surface area contributed by atoms with Crippen molar-refractivity contribution in [3.63, 3.8) is 0 Å². The van der Waals surface area contributed by atoms with Gasteiger partial charge >= 0.3 is 0 Å². The number of nitrogens with one attached hydrogen (secondary N) is 1. The third-order valence-electron chi connectivity index (χ3n) is 1.36. The Bertz CT molecular complexity index is 112. The van der Waals surface area contributed by atoms with Crippen LogP contribution in [0.2, 0.25) is 0 Å². The monoisotopic (exact) mass is 144 g/mol. The lowest BCUT2D eigenvalue weighted by Crippen LogP contribution is -2.40. The molecule has 0 atom stereocenters. The summed E-state index contributed by atoms with van der Waals surface area (Å²) < 4.78 is 0. The summed E-state index contributed by atoms with van der Waals surface area (Å²) in [5, 5.41) is 2.94. The Morgan fingerprint density at radius 3 is 2.20 bits per heavy atom. The van der Waals surface area contributed by atoms with Gasteiger partial charge in [-0.2, -0.15) is 0 Å². The van der Waals surface area contributed by atoms with Crippen LogP contribution in [0.1, 0.15) is 20.8 Å². The third-order valence-corrected chi connectivity index (χ3v) is 1.36. The van der Waals surface area contributed by atoms with Crippen LogP contribution in [-0.4, -0.2) is 30.6 Å². The van der Waals surface area contributed by atoms with Gasteiger partial charge in [-0.3, -0.25) is 4.79 Å². The van der Waals surface area contributed by atoms with E-state index in [1.54, 1.807) is 11.8 Å². The Hall–Kier alpha value is -0.570. The largest absolute Gasteiger partial charge is 0.328 e. The van der Waals surface area contributed by atoms with Gasteiger partial charge in [0.2, 0.25) is 5.91 Å². The Balaban J connectivity index is 3.85. The average molecular weight is 144 g/mol. The van der Waals surface area contributed by atoms with Gasteiger partial charge in [0.15, 0.2) is 0 Å². The minimum Gasteiger partial charge on any atom is -0.328 e. The SMILES string of the molecule is CNCN(C(C)=O)C(C)C. The van der Waals surface area contributed by atoms with Gasteiger partial charge < -0.3 is 10.2 Å². The van der Waals surface area contributed by atoms with Crippen LogP contribution in [0.3, 0.4) is 0 Å². The third kappa shape index (κ3) is 2.82. The van der Waals surface area contributed by atoms with Gasteiger partial charge in [0.1, 0.15) is 0 Å². The lowest BCUT2D eigenvalue weighted by atomic mass is 10.3. The molecule has 0 saturated carbocycles. The van der Waals surface area contributed by atoms with E-state index in [0.29, 0.717) is 6.67 Å². The molecule has 10 heavy (non-hydrogen) atoms. The van der Waals surface area contributed by atoms with Crippen LogP contribution in [0.25, 0.3) is 0 Å². The van der Waals surface area contributed by atoms with E-state index >= 15 is 0 Å². The molecule has 0 bridgehead atoms. The maximum Gasteiger partial charge on any atom is 0.220 e. The number of nitrogens with zero attached hydrogens (tertiary/aromatic N) is 1. The van der Waals surface area contributed by atoms with Crippen molar-refractivity contribution in [2.75, 3.05) is 13.7 Å². The highest BCUT2D eigenvalue weighted by Crippen LogP contribution is 1.95. The van der Waals surface area contributed by atoms with E-state index in [4.69, 9.17) is 0 Å². The van der Waals surface area contributed by atoms with E-state index in [-0.39, 0.29) is 11.9 Å². The first kappa shape index (κ1) is 9.43. The predicted octanol–water partition coefficient (Wildman–Crippen LogP) is 0.420. The van der Waals surface area contributed by atoms with Gasteiger partial charge in [-0.1, -0.05) is 0 Å². The van der Waals surface area contributed by atoms with Crippen LogP contribution in [0.5, 0.6) is 0 Å². The number of carbonyl (C=O) groups is 1. The number of amides is 1. The van der Waals surface area contributed by atoms with E-state index in [1.165, 1.54) is 0 Å². The molecule has 0 fully saturated rings. The molecule has 60 valence electrons. The van der Waals surface area contributed by atoms with Gasteiger partial charge in [-0.05, 0) is 20.9 Å². The lowest BCUT2D eigenvalue weighted by Gasteiger charge is -2.24. The summed E-state index contributed by atoms with van der Waals surface area (Å²) in [4.78, 5) is 12.6. The Kier molecular flexibility index (Phi) is 4.03. The van der Waals surface area contributed by atoms with Crippen molar-refractivity contribution in [2.24, 2.45) is 0 Å². The summed E-state index contributed by atoms with van der Waals surface area (Å²) in [5.41, 5.74) is 0. The molecule has 0 heterocycles. The second kappa shape index (κ2) is 4.28. The van der Waals surface area contributed by atoms with Crippen molar-refractivity contribution >= 4 is 5.91 Å². The molecule has 0 aliphatic carbocycles. The van der Waals surface area contributed by atoms with Crippen molar-refractivity contribution in [3.8, 4) is 0 Å². The Morgan fingerprint density at radius 2 is 2.10 bits per heavy atom. The topological polar surface area (TPSA) is 32.3 Å². The van der Waals surface area contributed by atoms with E-state index in [2.05, 4.69) is 5.32 Å². The van der Waals surface area contributed by atoms with E-state index in [1.807, 2.05) is 20.9 Å². The van der Waals surface area contributed by atoms with Crippen molar-refractivity contribution in [3.05, 3.63) is 0 Å². The maximum absolute atomic E-state index is 10.9. The van der Waals surface area contributed by atoms with Crippen molar-refractivity contribution in [1.29, 1.82) is 0 Å². The van der Waals surface area contributed by atoms with Crippen LogP contribution in [0.15, 0.2) is 0 Å². The highest BCUT2D eigenvalue weighted by Gasteiger charge is 2.09. The van der Waals surface area contributed by atoms with Crippen molar-refractivity contribution in [2.45, 2.75) is 26.8 Å². The normalized spacial score (nSPS) is 10.1. The fourth-order valence-electron chi connectivity index (χ4n) is 0.828. The minimum absolute atomic E-state index is 0.115. The molecular weight excluding hydrogens is 128 g/mol. The quantitative estimate of drug-likeness (QED) is 0.582. The van der Waals surface area contributed by atoms with Gasteiger partial charge in [-0.15, -0.1) is 0 Å². The molecule has 0 rings (SSSR count). The predicted molar refractivity (Wildman–Crippen MR) is 41.6 cm³/mol.